The summed E-state index contributed by atoms with van der Waals surface area (Å²) in [5.74, 6) is 1.29. The van der Waals surface area contributed by atoms with E-state index in [2.05, 4.69) is 20.5 Å². The van der Waals surface area contributed by atoms with Crippen molar-refractivity contribution < 1.29 is 14.3 Å². The molecule has 9 heteroatoms. The molecule has 3 aromatic heterocycles. The molecule has 0 aliphatic heterocycles. The van der Waals surface area contributed by atoms with E-state index in [0.717, 1.165) is 5.56 Å². The number of nitrogens with one attached hydrogen (secondary N) is 1. The number of aromatic nitrogens is 5. The Morgan fingerprint density at radius 1 is 0.882 bits per heavy atom. The lowest BCUT2D eigenvalue weighted by molar-refractivity contribution is 0.102. The largest absolute Gasteiger partial charge is 0.497 e. The van der Waals surface area contributed by atoms with Crippen molar-refractivity contribution in [1.29, 1.82) is 0 Å². The number of hydrogen-bond donors (Lipinski definition) is 1. The van der Waals surface area contributed by atoms with Gasteiger partial charge in [-0.05, 0) is 48.5 Å². The number of amides is 1. The maximum Gasteiger partial charge on any atom is 0.259 e. The van der Waals surface area contributed by atoms with E-state index in [0.29, 0.717) is 45.6 Å². The van der Waals surface area contributed by atoms with Gasteiger partial charge in [0.15, 0.2) is 5.65 Å². The molecule has 1 amide bonds. The molecular formula is C25H20N6O3. The van der Waals surface area contributed by atoms with E-state index in [1.807, 2.05) is 54.6 Å². The molecule has 168 valence electrons. The Morgan fingerprint density at radius 3 is 2.59 bits per heavy atom. The van der Waals surface area contributed by atoms with Crippen LogP contribution in [0.1, 0.15) is 10.4 Å². The van der Waals surface area contributed by atoms with Crippen LogP contribution in [0.15, 0.2) is 79.0 Å². The van der Waals surface area contributed by atoms with Crippen LogP contribution in [0, 0.1) is 0 Å². The Hall–Kier alpha value is -4.79. The van der Waals surface area contributed by atoms with Crippen LogP contribution < -0.4 is 14.8 Å². The highest BCUT2D eigenvalue weighted by Crippen LogP contribution is 2.27. The van der Waals surface area contributed by atoms with E-state index in [4.69, 9.17) is 14.6 Å². The Labute approximate surface area is 195 Å². The highest BCUT2D eigenvalue weighted by molar-refractivity contribution is 6.06. The number of anilines is 1. The van der Waals surface area contributed by atoms with E-state index in [1.165, 1.54) is 7.11 Å². The number of rotatable bonds is 6. The molecule has 3 heterocycles. The Balaban J connectivity index is 1.45. The van der Waals surface area contributed by atoms with Gasteiger partial charge < -0.3 is 14.8 Å². The summed E-state index contributed by atoms with van der Waals surface area (Å²) < 4.78 is 12.2. The van der Waals surface area contributed by atoms with Gasteiger partial charge in [0.25, 0.3) is 5.91 Å². The zero-order chi connectivity index (χ0) is 23.5. The van der Waals surface area contributed by atoms with Crippen LogP contribution in [0.3, 0.4) is 0 Å². The normalized spacial score (nSPS) is 10.8. The maximum atomic E-state index is 12.9. The minimum absolute atomic E-state index is 0.295. The summed E-state index contributed by atoms with van der Waals surface area (Å²) in [5.41, 5.74) is 3.83. The molecule has 0 saturated heterocycles. The fourth-order valence-corrected chi connectivity index (χ4v) is 3.54. The topological polar surface area (TPSA) is 104 Å². The van der Waals surface area contributed by atoms with Crippen LogP contribution in [-0.4, -0.2) is 44.9 Å². The van der Waals surface area contributed by atoms with Crippen molar-refractivity contribution in [3.63, 3.8) is 0 Å². The van der Waals surface area contributed by atoms with E-state index < -0.39 is 0 Å². The molecule has 9 nitrogen and oxygen atoms in total. The molecule has 1 N–H and O–H groups in total. The first-order valence-electron chi connectivity index (χ1n) is 10.4. The monoisotopic (exact) mass is 452 g/mol. The van der Waals surface area contributed by atoms with Crippen LogP contribution in [0.2, 0.25) is 0 Å². The van der Waals surface area contributed by atoms with Crippen molar-refractivity contribution in [2.45, 2.75) is 0 Å². The highest BCUT2D eigenvalue weighted by atomic mass is 16.5. The molecule has 5 aromatic rings. The van der Waals surface area contributed by atoms with E-state index >= 15 is 0 Å². The molecule has 0 atom stereocenters. The van der Waals surface area contributed by atoms with E-state index in [1.54, 1.807) is 36.0 Å². The molecule has 0 saturated carbocycles. The first-order valence-corrected chi connectivity index (χ1v) is 10.4. The number of fused-ring (bicyclic) bond motifs is 1. The smallest absolute Gasteiger partial charge is 0.259 e. The van der Waals surface area contributed by atoms with Crippen molar-refractivity contribution in [1.82, 2.24) is 24.8 Å². The Morgan fingerprint density at radius 2 is 1.79 bits per heavy atom. The van der Waals surface area contributed by atoms with Crippen molar-refractivity contribution in [3.8, 4) is 34.3 Å². The minimum Gasteiger partial charge on any atom is -0.497 e. The zero-order valence-corrected chi connectivity index (χ0v) is 18.5. The fraction of sp³-hybridized carbons (Fsp3) is 0.0800. The second kappa shape index (κ2) is 8.99. The van der Waals surface area contributed by atoms with Gasteiger partial charge in [-0.2, -0.15) is 9.61 Å². The molecule has 2 aromatic carbocycles. The highest BCUT2D eigenvalue weighted by Gasteiger charge is 2.15. The van der Waals surface area contributed by atoms with Gasteiger partial charge in [-0.1, -0.05) is 18.2 Å². The summed E-state index contributed by atoms with van der Waals surface area (Å²) in [5, 5.41) is 16.0. The average Bonchev–Trinajstić information content (AvgIpc) is 3.32. The van der Waals surface area contributed by atoms with Gasteiger partial charge >= 0.3 is 0 Å². The molecule has 0 fully saturated rings. The second-order valence-electron chi connectivity index (χ2n) is 7.33. The third kappa shape index (κ3) is 4.02. The lowest BCUT2D eigenvalue weighted by Crippen LogP contribution is -2.13. The number of benzene rings is 2. The number of nitrogens with zero attached hydrogens (tertiary/aromatic N) is 5. The van der Waals surface area contributed by atoms with Crippen LogP contribution in [0.25, 0.3) is 28.4 Å². The predicted octanol–water partition coefficient (Wildman–Crippen LogP) is 4.12. The molecule has 0 aliphatic rings. The van der Waals surface area contributed by atoms with Gasteiger partial charge in [0.05, 0.1) is 25.5 Å². The SMILES string of the molecule is COc1ccc(C(=O)Nc2cccc(-c3ccc4nnc(-c5ccccn5)n4n3)c2)c(OC)c1. The summed E-state index contributed by atoms with van der Waals surface area (Å²) in [6.07, 6.45) is 1.70. The van der Waals surface area contributed by atoms with Crippen LogP contribution in [0.5, 0.6) is 11.5 Å². The first-order chi connectivity index (χ1) is 16.7. The zero-order valence-electron chi connectivity index (χ0n) is 18.5. The first kappa shape index (κ1) is 21.1. The standard InChI is InChI=1S/C25H20N6O3/c1-33-18-9-10-19(22(15-18)34-2)25(32)27-17-7-5-6-16(14-17)20-11-12-23-28-29-24(31(23)30-20)21-8-3-4-13-26-21/h3-15H,1-2H3,(H,27,32). The molecule has 0 bridgehead atoms. The van der Waals surface area contributed by atoms with E-state index in [9.17, 15) is 4.79 Å². The van der Waals surface area contributed by atoms with Gasteiger partial charge in [-0.15, -0.1) is 10.2 Å². The molecule has 0 spiro atoms. The lowest BCUT2D eigenvalue weighted by Gasteiger charge is -2.11. The summed E-state index contributed by atoms with van der Waals surface area (Å²) in [7, 11) is 3.07. The summed E-state index contributed by atoms with van der Waals surface area (Å²) >= 11 is 0. The quantitative estimate of drug-likeness (QED) is 0.413. The number of ether oxygens (including phenoxy) is 2. The third-order valence-electron chi connectivity index (χ3n) is 5.23. The lowest BCUT2D eigenvalue weighted by atomic mass is 10.1. The van der Waals surface area contributed by atoms with Crippen LogP contribution in [-0.2, 0) is 0 Å². The van der Waals surface area contributed by atoms with E-state index in [-0.39, 0.29) is 5.91 Å². The molecule has 5 rings (SSSR count). The Bertz CT molecular complexity index is 1480. The average molecular weight is 452 g/mol. The van der Waals surface area contributed by atoms with Crippen LogP contribution >= 0.6 is 0 Å². The summed E-state index contributed by atoms with van der Waals surface area (Å²) in [6, 6.07) is 21.8. The number of carbonyl (C=O) groups excluding carboxylic acids is 1. The summed E-state index contributed by atoms with van der Waals surface area (Å²) in [6.45, 7) is 0. The maximum absolute atomic E-state index is 12.9. The number of pyridine rings is 1. The molecule has 34 heavy (non-hydrogen) atoms. The summed E-state index contributed by atoms with van der Waals surface area (Å²) in [4.78, 5) is 17.3. The van der Waals surface area contributed by atoms with Gasteiger partial charge in [-0.3, -0.25) is 9.78 Å². The minimum atomic E-state index is -0.295. The van der Waals surface area contributed by atoms with Gasteiger partial charge in [0.2, 0.25) is 5.82 Å². The number of carbonyl (C=O) groups is 1. The molecule has 0 unspecified atom stereocenters. The van der Waals surface area contributed by atoms with Gasteiger partial charge in [0.1, 0.15) is 17.2 Å². The van der Waals surface area contributed by atoms with Gasteiger partial charge in [-0.25, -0.2) is 0 Å². The third-order valence-corrected chi connectivity index (χ3v) is 5.23. The Kier molecular flexibility index (Phi) is 5.57. The molecule has 0 radical (unpaired) electrons. The molecule has 0 aliphatic carbocycles. The number of hydrogen-bond acceptors (Lipinski definition) is 7. The second-order valence-corrected chi connectivity index (χ2v) is 7.33. The predicted molar refractivity (Wildman–Crippen MR) is 127 cm³/mol. The van der Waals surface area contributed by atoms with Gasteiger partial charge in [0, 0.05) is 23.5 Å². The number of methoxy groups -OCH3 is 2. The van der Waals surface area contributed by atoms with Crippen LogP contribution in [0.4, 0.5) is 5.69 Å². The van der Waals surface area contributed by atoms with Crippen molar-refractivity contribution >= 4 is 17.2 Å². The van der Waals surface area contributed by atoms with Crippen molar-refractivity contribution in [2.24, 2.45) is 0 Å². The fourth-order valence-electron chi connectivity index (χ4n) is 3.54. The van der Waals surface area contributed by atoms with Crippen molar-refractivity contribution in [2.75, 3.05) is 19.5 Å². The van der Waals surface area contributed by atoms with Crippen molar-refractivity contribution in [3.05, 3.63) is 84.6 Å². The molecular weight excluding hydrogens is 432 g/mol.